The van der Waals surface area contributed by atoms with Crippen molar-refractivity contribution in [3.8, 4) is 0 Å². The van der Waals surface area contributed by atoms with E-state index in [0.717, 1.165) is 0 Å². The summed E-state index contributed by atoms with van der Waals surface area (Å²) in [5.74, 6) is -0.0602. The van der Waals surface area contributed by atoms with E-state index in [-0.39, 0.29) is 5.92 Å². The van der Waals surface area contributed by atoms with Crippen molar-refractivity contribution in [1.82, 2.24) is 0 Å². The third-order valence-electron chi connectivity index (χ3n) is 2.16. The van der Waals surface area contributed by atoms with Crippen molar-refractivity contribution in [3.63, 3.8) is 0 Å². The van der Waals surface area contributed by atoms with Crippen LogP contribution in [0, 0.1) is 5.92 Å². The molecule has 0 fully saturated rings. The van der Waals surface area contributed by atoms with Gasteiger partial charge in [0.25, 0.3) is 0 Å². The Balaban J connectivity index is 5.09. The molecule has 0 saturated heterocycles. The van der Waals surface area contributed by atoms with Crippen LogP contribution in [0.1, 0.15) is 20.8 Å². The first kappa shape index (κ1) is 10.7. The molecule has 2 N–H and O–H groups in total. The number of nitrogens with two attached hydrogens (primary N) is 1. The summed E-state index contributed by atoms with van der Waals surface area (Å²) in [7, 11) is -3.53. The second kappa shape index (κ2) is 2.95. The third kappa shape index (κ3) is 1.81. The summed E-state index contributed by atoms with van der Waals surface area (Å²) in [5, 5.41) is 5.03. The van der Waals surface area contributed by atoms with Gasteiger partial charge >= 0.3 is 0 Å². The predicted octanol–water partition coefficient (Wildman–Crippen LogP) is 0.876. The van der Waals surface area contributed by atoms with Crippen LogP contribution in [-0.4, -0.2) is 13.2 Å². The average Bonchev–Trinajstić information content (AvgIpc) is 1.83. The van der Waals surface area contributed by atoms with Crippen molar-refractivity contribution in [3.05, 3.63) is 12.7 Å². The Morgan fingerprint density at radius 3 is 1.91 bits per heavy atom. The van der Waals surface area contributed by atoms with Gasteiger partial charge in [-0.1, -0.05) is 19.9 Å². The van der Waals surface area contributed by atoms with Crippen molar-refractivity contribution >= 4 is 10.0 Å². The monoisotopic (exact) mass is 177 g/mol. The SMILES string of the molecule is C=CC(C)(C(C)C)S(N)(=O)=O. The Bertz CT molecular complexity index is 243. The first-order valence-electron chi connectivity index (χ1n) is 3.41. The topological polar surface area (TPSA) is 60.2 Å². The minimum Gasteiger partial charge on any atom is -0.228 e. The molecule has 3 nitrogen and oxygen atoms in total. The van der Waals surface area contributed by atoms with Gasteiger partial charge in [-0.15, -0.1) is 6.58 Å². The van der Waals surface area contributed by atoms with E-state index < -0.39 is 14.8 Å². The highest BCUT2D eigenvalue weighted by Gasteiger charge is 2.36. The first-order valence-corrected chi connectivity index (χ1v) is 4.96. The number of rotatable bonds is 3. The third-order valence-corrected chi connectivity index (χ3v) is 4.03. The fraction of sp³-hybridized carbons (Fsp3) is 0.714. The predicted molar refractivity (Wildman–Crippen MR) is 46.5 cm³/mol. The molecule has 0 radical (unpaired) electrons. The number of hydrogen-bond acceptors (Lipinski definition) is 2. The Morgan fingerprint density at radius 1 is 1.55 bits per heavy atom. The first-order chi connectivity index (χ1) is 4.75. The van der Waals surface area contributed by atoms with Crippen LogP contribution in [0.25, 0.3) is 0 Å². The average molecular weight is 177 g/mol. The van der Waals surface area contributed by atoms with Crippen LogP contribution in [-0.2, 0) is 10.0 Å². The lowest BCUT2D eigenvalue weighted by molar-refractivity contribution is 0.489. The van der Waals surface area contributed by atoms with Gasteiger partial charge in [-0.2, -0.15) is 0 Å². The molecule has 0 saturated carbocycles. The lowest BCUT2D eigenvalue weighted by atomic mass is 9.97. The molecule has 1 atom stereocenters. The Hall–Kier alpha value is -0.350. The summed E-state index contributed by atoms with van der Waals surface area (Å²) in [5.41, 5.74) is 0. The molecule has 0 aliphatic heterocycles. The molecule has 0 aliphatic carbocycles. The molecule has 0 aromatic heterocycles. The molecule has 1 unspecified atom stereocenters. The van der Waals surface area contributed by atoms with E-state index in [4.69, 9.17) is 5.14 Å². The molecule has 4 heteroatoms. The van der Waals surface area contributed by atoms with Gasteiger partial charge in [-0.3, -0.25) is 0 Å². The highest BCUT2D eigenvalue weighted by atomic mass is 32.2. The van der Waals surface area contributed by atoms with Crippen LogP contribution in [0.4, 0.5) is 0 Å². The maximum Gasteiger partial charge on any atom is 0.218 e. The fourth-order valence-electron chi connectivity index (χ4n) is 0.680. The molecular formula is C7H15NO2S. The maximum atomic E-state index is 11.0. The highest BCUT2D eigenvalue weighted by Crippen LogP contribution is 2.24. The van der Waals surface area contributed by atoms with Crippen molar-refractivity contribution in [2.75, 3.05) is 0 Å². The second-order valence-corrected chi connectivity index (χ2v) is 5.06. The van der Waals surface area contributed by atoms with Gasteiger partial charge in [0.15, 0.2) is 0 Å². The van der Waals surface area contributed by atoms with Gasteiger partial charge in [-0.25, -0.2) is 13.6 Å². The van der Waals surface area contributed by atoms with Crippen LogP contribution >= 0.6 is 0 Å². The van der Waals surface area contributed by atoms with Crippen molar-refractivity contribution in [2.24, 2.45) is 11.1 Å². The van der Waals surface area contributed by atoms with E-state index in [2.05, 4.69) is 6.58 Å². The summed E-state index contributed by atoms with van der Waals surface area (Å²) in [6.07, 6.45) is 1.38. The lowest BCUT2D eigenvalue weighted by Gasteiger charge is -2.26. The molecule has 0 rings (SSSR count). The number of primary sulfonamides is 1. The standard InChI is InChI=1S/C7H15NO2S/c1-5-7(4,6(2)3)11(8,9)10/h5-6H,1H2,2-4H3,(H2,8,9,10). The quantitative estimate of drug-likeness (QED) is 0.650. The van der Waals surface area contributed by atoms with E-state index in [9.17, 15) is 8.42 Å². The minimum atomic E-state index is -3.53. The van der Waals surface area contributed by atoms with E-state index in [1.165, 1.54) is 6.08 Å². The van der Waals surface area contributed by atoms with Gasteiger partial charge in [0.05, 0.1) is 0 Å². The van der Waals surface area contributed by atoms with Crippen LogP contribution in [0.2, 0.25) is 0 Å². The molecule has 0 aromatic rings. The lowest BCUT2D eigenvalue weighted by Crippen LogP contribution is -2.43. The molecule has 0 heterocycles. The van der Waals surface area contributed by atoms with Crippen LogP contribution in [0.15, 0.2) is 12.7 Å². The van der Waals surface area contributed by atoms with Crippen molar-refractivity contribution in [2.45, 2.75) is 25.5 Å². The normalized spacial score (nSPS) is 17.9. The van der Waals surface area contributed by atoms with Crippen LogP contribution in [0.5, 0.6) is 0 Å². The molecule has 11 heavy (non-hydrogen) atoms. The van der Waals surface area contributed by atoms with E-state index >= 15 is 0 Å². The Labute approximate surface area is 68.3 Å². The molecule has 0 bridgehead atoms. The summed E-state index contributed by atoms with van der Waals surface area (Å²) in [6, 6.07) is 0. The molecular weight excluding hydrogens is 162 g/mol. The minimum absolute atomic E-state index is 0.0602. The van der Waals surface area contributed by atoms with Gasteiger partial charge in [-0.05, 0) is 12.8 Å². The molecule has 0 amide bonds. The summed E-state index contributed by atoms with van der Waals surface area (Å²) in [4.78, 5) is 0. The summed E-state index contributed by atoms with van der Waals surface area (Å²) < 4.78 is 21.1. The maximum absolute atomic E-state index is 11.0. The van der Waals surface area contributed by atoms with E-state index in [0.29, 0.717) is 0 Å². The summed E-state index contributed by atoms with van der Waals surface area (Å²) in [6.45, 7) is 8.63. The molecule has 0 aromatic carbocycles. The van der Waals surface area contributed by atoms with E-state index in [1.54, 1.807) is 20.8 Å². The zero-order valence-electron chi connectivity index (χ0n) is 7.16. The van der Waals surface area contributed by atoms with Crippen LogP contribution < -0.4 is 5.14 Å². The Morgan fingerprint density at radius 2 is 1.91 bits per heavy atom. The van der Waals surface area contributed by atoms with E-state index in [1.807, 2.05) is 0 Å². The van der Waals surface area contributed by atoms with Gasteiger partial charge in [0.1, 0.15) is 4.75 Å². The Kier molecular flexibility index (Phi) is 2.85. The zero-order valence-corrected chi connectivity index (χ0v) is 7.98. The molecule has 66 valence electrons. The second-order valence-electron chi connectivity index (χ2n) is 3.09. The van der Waals surface area contributed by atoms with Gasteiger partial charge in [0, 0.05) is 0 Å². The fourth-order valence-corrected chi connectivity index (χ4v) is 1.57. The van der Waals surface area contributed by atoms with Gasteiger partial charge in [0.2, 0.25) is 10.0 Å². The highest BCUT2D eigenvalue weighted by molar-refractivity contribution is 7.90. The van der Waals surface area contributed by atoms with Crippen molar-refractivity contribution < 1.29 is 8.42 Å². The van der Waals surface area contributed by atoms with Gasteiger partial charge < -0.3 is 0 Å². The smallest absolute Gasteiger partial charge is 0.218 e. The molecule has 0 aliphatic rings. The summed E-state index contributed by atoms with van der Waals surface area (Å²) >= 11 is 0. The van der Waals surface area contributed by atoms with Crippen LogP contribution in [0.3, 0.4) is 0 Å². The zero-order chi connectivity index (χ0) is 9.28. The number of sulfonamides is 1. The number of hydrogen-bond donors (Lipinski definition) is 1. The molecule has 0 spiro atoms. The largest absolute Gasteiger partial charge is 0.228 e. The van der Waals surface area contributed by atoms with Crippen molar-refractivity contribution in [1.29, 1.82) is 0 Å².